The van der Waals surface area contributed by atoms with Gasteiger partial charge < -0.3 is 14.9 Å². The quantitative estimate of drug-likeness (QED) is 0.341. The zero-order valence-electron chi connectivity index (χ0n) is 8.57. The molecule has 0 fully saturated rings. The van der Waals surface area contributed by atoms with Gasteiger partial charge in [-0.25, -0.2) is 13.2 Å². The fourth-order valence-electron chi connectivity index (χ4n) is 0.658. The van der Waals surface area contributed by atoms with Crippen molar-refractivity contribution in [2.75, 3.05) is 19.0 Å². The number of ether oxygens (including phenoxy) is 1. The summed E-state index contributed by atoms with van der Waals surface area (Å²) in [6.07, 6.45) is 0.769. The highest BCUT2D eigenvalue weighted by Gasteiger charge is 2.07. The third kappa shape index (κ3) is 7.16. The lowest BCUT2D eigenvalue weighted by molar-refractivity contribution is -0.141. The van der Waals surface area contributed by atoms with Crippen molar-refractivity contribution in [3.8, 4) is 0 Å². The molecule has 0 aromatic heterocycles. The largest absolute Gasteiger partial charge is 0.460 e. The minimum absolute atomic E-state index is 0.268. The van der Waals surface area contributed by atoms with Crippen molar-refractivity contribution in [3.63, 3.8) is 0 Å². The van der Waals surface area contributed by atoms with Crippen molar-refractivity contribution in [2.45, 2.75) is 6.10 Å². The van der Waals surface area contributed by atoms with Crippen LogP contribution in [0.4, 0.5) is 0 Å². The summed E-state index contributed by atoms with van der Waals surface area (Å²) in [7, 11) is -3.48. The van der Waals surface area contributed by atoms with E-state index in [-0.39, 0.29) is 12.4 Å². The maximum atomic E-state index is 11.1. The van der Waals surface area contributed by atoms with Gasteiger partial charge in [0.1, 0.15) is 12.7 Å². The molecule has 0 bridgehead atoms. The third-order valence-electron chi connectivity index (χ3n) is 1.39. The van der Waals surface area contributed by atoms with Crippen LogP contribution >= 0.6 is 0 Å². The fourth-order valence-corrected chi connectivity index (χ4v) is 1.42. The van der Waals surface area contributed by atoms with Crippen molar-refractivity contribution in [1.29, 1.82) is 0 Å². The van der Waals surface area contributed by atoms with Crippen LogP contribution in [0, 0.1) is 0 Å². The SMILES string of the molecule is C=CCS(=O)(=O)C=CC(=O)OCC(O)CO. The number of aliphatic hydroxyl groups excluding tert-OH is 2. The molecule has 0 saturated heterocycles. The lowest BCUT2D eigenvalue weighted by Crippen LogP contribution is -2.21. The van der Waals surface area contributed by atoms with E-state index in [1.54, 1.807) is 0 Å². The normalized spacial score (nSPS) is 13.6. The van der Waals surface area contributed by atoms with E-state index in [0.717, 1.165) is 6.08 Å². The van der Waals surface area contributed by atoms with Crippen LogP contribution in [0.3, 0.4) is 0 Å². The van der Waals surface area contributed by atoms with E-state index < -0.39 is 28.5 Å². The molecule has 0 aliphatic carbocycles. The van der Waals surface area contributed by atoms with Crippen LogP contribution in [0.15, 0.2) is 24.1 Å². The van der Waals surface area contributed by atoms with Crippen molar-refractivity contribution < 1.29 is 28.2 Å². The second-order valence-corrected chi connectivity index (χ2v) is 4.82. The van der Waals surface area contributed by atoms with Gasteiger partial charge in [-0.3, -0.25) is 0 Å². The van der Waals surface area contributed by atoms with Gasteiger partial charge in [0.2, 0.25) is 0 Å². The predicted octanol–water partition coefficient (Wildman–Crippen LogP) is -1.00. The number of esters is 1. The molecule has 7 heteroatoms. The molecule has 0 aliphatic heterocycles. The summed E-state index contributed by atoms with van der Waals surface area (Å²) in [5.41, 5.74) is 0. The number of rotatable bonds is 7. The van der Waals surface area contributed by atoms with Gasteiger partial charge in [-0.05, 0) is 0 Å². The fraction of sp³-hybridized carbons (Fsp3) is 0.444. The molecular weight excluding hydrogens is 236 g/mol. The molecule has 92 valence electrons. The number of sulfone groups is 1. The van der Waals surface area contributed by atoms with Crippen molar-refractivity contribution in [3.05, 3.63) is 24.1 Å². The topological polar surface area (TPSA) is 101 Å². The Morgan fingerprint density at radius 3 is 2.62 bits per heavy atom. The van der Waals surface area contributed by atoms with Crippen LogP contribution in [-0.4, -0.2) is 49.7 Å². The van der Waals surface area contributed by atoms with Crippen molar-refractivity contribution in [2.24, 2.45) is 0 Å². The molecule has 0 aliphatic rings. The molecular formula is C9H14O6S. The summed E-state index contributed by atoms with van der Waals surface area (Å²) >= 11 is 0. The molecule has 0 amide bonds. The van der Waals surface area contributed by atoms with Crippen molar-refractivity contribution in [1.82, 2.24) is 0 Å². The number of carbonyl (C=O) groups is 1. The lowest BCUT2D eigenvalue weighted by Gasteiger charge is -2.05. The van der Waals surface area contributed by atoms with Gasteiger partial charge in [0.15, 0.2) is 9.84 Å². The van der Waals surface area contributed by atoms with Gasteiger partial charge in [0, 0.05) is 11.5 Å². The highest BCUT2D eigenvalue weighted by atomic mass is 32.2. The van der Waals surface area contributed by atoms with E-state index in [4.69, 9.17) is 10.2 Å². The zero-order chi connectivity index (χ0) is 12.6. The Bertz CT molecular complexity index is 356. The van der Waals surface area contributed by atoms with Crippen LogP contribution < -0.4 is 0 Å². The third-order valence-corrected chi connectivity index (χ3v) is 2.64. The Hall–Kier alpha value is -1.18. The first-order valence-corrected chi connectivity index (χ1v) is 6.10. The number of carbonyl (C=O) groups excluding carboxylic acids is 1. The molecule has 0 rings (SSSR count). The van der Waals surface area contributed by atoms with Crippen LogP contribution in [0.1, 0.15) is 0 Å². The average Bonchev–Trinajstić information content (AvgIpc) is 2.23. The van der Waals surface area contributed by atoms with Gasteiger partial charge in [-0.1, -0.05) is 6.08 Å². The Morgan fingerprint density at radius 2 is 2.12 bits per heavy atom. The zero-order valence-corrected chi connectivity index (χ0v) is 9.39. The van der Waals surface area contributed by atoms with E-state index in [0.29, 0.717) is 5.41 Å². The molecule has 6 nitrogen and oxygen atoms in total. The molecule has 0 aromatic rings. The minimum atomic E-state index is -3.48. The summed E-state index contributed by atoms with van der Waals surface area (Å²) in [6, 6.07) is 0. The summed E-state index contributed by atoms with van der Waals surface area (Å²) < 4.78 is 26.6. The summed E-state index contributed by atoms with van der Waals surface area (Å²) in [6.45, 7) is 2.33. The predicted molar refractivity (Wildman–Crippen MR) is 57.2 cm³/mol. The van der Waals surface area contributed by atoms with Gasteiger partial charge in [-0.2, -0.15) is 0 Å². The molecule has 2 N–H and O–H groups in total. The maximum Gasteiger partial charge on any atom is 0.331 e. The number of hydrogen-bond donors (Lipinski definition) is 2. The molecule has 0 heterocycles. The molecule has 0 saturated carbocycles. The van der Waals surface area contributed by atoms with Gasteiger partial charge in [0.25, 0.3) is 0 Å². The first-order valence-electron chi connectivity index (χ1n) is 4.38. The van der Waals surface area contributed by atoms with E-state index in [1.807, 2.05) is 0 Å². The Labute approximate surface area is 93.8 Å². The number of hydrogen-bond acceptors (Lipinski definition) is 6. The van der Waals surface area contributed by atoms with E-state index >= 15 is 0 Å². The molecule has 16 heavy (non-hydrogen) atoms. The van der Waals surface area contributed by atoms with E-state index in [2.05, 4.69) is 11.3 Å². The highest BCUT2D eigenvalue weighted by molar-refractivity contribution is 7.94. The smallest absolute Gasteiger partial charge is 0.331 e. The molecule has 0 aromatic carbocycles. The summed E-state index contributed by atoms with van der Waals surface area (Å²) in [5.74, 6) is -1.17. The molecule has 0 radical (unpaired) electrons. The minimum Gasteiger partial charge on any atom is -0.460 e. The van der Waals surface area contributed by atoms with Crippen LogP contribution in [0.5, 0.6) is 0 Å². The van der Waals surface area contributed by atoms with Crippen LogP contribution in [0.25, 0.3) is 0 Å². The monoisotopic (exact) mass is 250 g/mol. The van der Waals surface area contributed by atoms with E-state index in [1.165, 1.54) is 6.08 Å². The maximum absolute atomic E-state index is 11.1. The van der Waals surface area contributed by atoms with Crippen molar-refractivity contribution >= 4 is 15.8 Å². The van der Waals surface area contributed by atoms with Gasteiger partial charge >= 0.3 is 5.97 Å². The highest BCUT2D eigenvalue weighted by Crippen LogP contribution is 1.94. The average molecular weight is 250 g/mol. The lowest BCUT2D eigenvalue weighted by atomic mass is 10.4. The second-order valence-electron chi connectivity index (χ2n) is 2.89. The summed E-state index contributed by atoms with van der Waals surface area (Å²) in [4.78, 5) is 10.9. The van der Waals surface area contributed by atoms with Gasteiger partial charge in [-0.15, -0.1) is 6.58 Å². The Morgan fingerprint density at radius 1 is 1.50 bits per heavy atom. The Kier molecular flexibility index (Phi) is 6.63. The van der Waals surface area contributed by atoms with Crippen LogP contribution in [-0.2, 0) is 19.4 Å². The number of aliphatic hydroxyl groups is 2. The first kappa shape index (κ1) is 14.8. The molecule has 0 spiro atoms. The standard InChI is InChI=1S/C9H14O6S/c1-2-4-16(13,14)5-3-9(12)15-7-8(11)6-10/h2-3,5,8,10-11H,1,4,6-7H2. The van der Waals surface area contributed by atoms with E-state index in [9.17, 15) is 13.2 Å². The van der Waals surface area contributed by atoms with Gasteiger partial charge in [0.05, 0.1) is 12.4 Å². The van der Waals surface area contributed by atoms with Crippen LogP contribution in [0.2, 0.25) is 0 Å². The first-order chi connectivity index (χ1) is 7.41. The molecule has 1 atom stereocenters. The molecule has 1 unspecified atom stereocenters. The Balaban J connectivity index is 4.14. The second kappa shape index (κ2) is 7.15. The summed E-state index contributed by atoms with van der Waals surface area (Å²) in [5, 5.41) is 18.0.